The standard InChI is InChI=1S/C18H22O6S/c1-10-4-2-3-5-11(10)8-14-12(6-7-25-14)23-18-17(22)16(21)15(20)13(9-19)24-18/h2-7,13,15-22H,8-9H2,1H3. The minimum Gasteiger partial charge on any atom is -0.461 e. The Balaban J connectivity index is 1.75. The maximum atomic E-state index is 10.1. The van der Waals surface area contributed by atoms with Gasteiger partial charge in [-0.15, -0.1) is 11.3 Å². The van der Waals surface area contributed by atoms with E-state index in [0.29, 0.717) is 12.2 Å². The first kappa shape index (κ1) is 18.3. The third-order valence-electron chi connectivity index (χ3n) is 4.41. The van der Waals surface area contributed by atoms with Gasteiger partial charge in [-0.25, -0.2) is 0 Å². The van der Waals surface area contributed by atoms with E-state index in [4.69, 9.17) is 9.47 Å². The van der Waals surface area contributed by atoms with Gasteiger partial charge in [-0.05, 0) is 29.5 Å². The van der Waals surface area contributed by atoms with Crippen molar-refractivity contribution in [2.24, 2.45) is 0 Å². The van der Waals surface area contributed by atoms with Gasteiger partial charge in [0.05, 0.1) is 11.5 Å². The summed E-state index contributed by atoms with van der Waals surface area (Å²) in [6, 6.07) is 9.83. The van der Waals surface area contributed by atoms with Crippen LogP contribution in [0.1, 0.15) is 16.0 Å². The van der Waals surface area contributed by atoms with Gasteiger partial charge in [0.1, 0.15) is 30.2 Å². The molecule has 2 heterocycles. The van der Waals surface area contributed by atoms with E-state index in [0.717, 1.165) is 4.88 Å². The highest BCUT2D eigenvalue weighted by molar-refractivity contribution is 7.10. The summed E-state index contributed by atoms with van der Waals surface area (Å²) < 4.78 is 11.2. The van der Waals surface area contributed by atoms with Crippen molar-refractivity contribution in [3.05, 3.63) is 51.7 Å². The fraction of sp³-hybridized carbons (Fsp3) is 0.444. The summed E-state index contributed by atoms with van der Waals surface area (Å²) >= 11 is 1.53. The van der Waals surface area contributed by atoms with Crippen LogP contribution in [0.4, 0.5) is 0 Å². The predicted octanol–water partition coefficient (Wildman–Crippen LogP) is 0.826. The van der Waals surface area contributed by atoms with Crippen LogP contribution in [0.15, 0.2) is 35.7 Å². The molecule has 5 unspecified atom stereocenters. The van der Waals surface area contributed by atoms with Crippen LogP contribution in [-0.4, -0.2) is 57.7 Å². The number of hydrogen-bond donors (Lipinski definition) is 4. The van der Waals surface area contributed by atoms with E-state index in [1.165, 1.54) is 22.5 Å². The number of aliphatic hydroxyl groups is 4. The fourth-order valence-electron chi connectivity index (χ4n) is 2.83. The van der Waals surface area contributed by atoms with Gasteiger partial charge in [0, 0.05) is 6.42 Å². The molecule has 136 valence electrons. The van der Waals surface area contributed by atoms with Crippen LogP contribution in [0.25, 0.3) is 0 Å². The lowest BCUT2D eigenvalue weighted by Crippen LogP contribution is -2.60. The van der Waals surface area contributed by atoms with Crippen molar-refractivity contribution in [3.63, 3.8) is 0 Å². The molecule has 1 aliphatic heterocycles. The first-order valence-electron chi connectivity index (χ1n) is 8.09. The van der Waals surface area contributed by atoms with E-state index in [-0.39, 0.29) is 0 Å². The van der Waals surface area contributed by atoms with Crippen molar-refractivity contribution in [1.82, 2.24) is 0 Å². The normalized spacial score (nSPS) is 29.6. The number of thiophene rings is 1. The van der Waals surface area contributed by atoms with Gasteiger partial charge in [0.25, 0.3) is 0 Å². The molecule has 7 heteroatoms. The monoisotopic (exact) mass is 366 g/mol. The number of ether oxygens (including phenoxy) is 2. The number of aryl methyl sites for hydroxylation is 1. The molecule has 0 saturated carbocycles. The quantitative estimate of drug-likeness (QED) is 0.626. The number of hydrogen-bond acceptors (Lipinski definition) is 7. The van der Waals surface area contributed by atoms with E-state index >= 15 is 0 Å². The smallest absolute Gasteiger partial charge is 0.229 e. The maximum Gasteiger partial charge on any atom is 0.229 e. The first-order valence-corrected chi connectivity index (χ1v) is 8.97. The zero-order valence-corrected chi connectivity index (χ0v) is 14.6. The lowest BCUT2D eigenvalue weighted by Gasteiger charge is -2.39. The second kappa shape index (κ2) is 7.82. The SMILES string of the molecule is Cc1ccccc1Cc1sccc1OC1OC(CO)C(O)C(O)C1O. The van der Waals surface area contributed by atoms with Gasteiger partial charge in [-0.1, -0.05) is 24.3 Å². The topological polar surface area (TPSA) is 99.4 Å². The molecule has 6 nitrogen and oxygen atoms in total. The van der Waals surface area contributed by atoms with Crippen LogP contribution in [0.3, 0.4) is 0 Å². The van der Waals surface area contributed by atoms with Crippen molar-refractivity contribution in [2.75, 3.05) is 6.61 Å². The van der Waals surface area contributed by atoms with Gasteiger partial charge in [-0.2, -0.15) is 0 Å². The molecule has 3 rings (SSSR count). The summed E-state index contributed by atoms with van der Waals surface area (Å²) in [7, 11) is 0. The molecule has 1 fully saturated rings. The van der Waals surface area contributed by atoms with E-state index in [9.17, 15) is 20.4 Å². The second-order valence-electron chi connectivity index (χ2n) is 6.13. The zero-order valence-electron chi connectivity index (χ0n) is 13.8. The molecule has 25 heavy (non-hydrogen) atoms. The number of benzene rings is 1. The van der Waals surface area contributed by atoms with Crippen LogP contribution in [0, 0.1) is 6.92 Å². The van der Waals surface area contributed by atoms with Crippen LogP contribution in [0.5, 0.6) is 5.75 Å². The predicted molar refractivity (Wildman–Crippen MR) is 92.7 cm³/mol. The minimum absolute atomic E-state index is 0.482. The highest BCUT2D eigenvalue weighted by Gasteiger charge is 2.44. The number of rotatable bonds is 5. The van der Waals surface area contributed by atoms with Crippen LogP contribution < -0.4 is 4.74 Å². The van der Waals surface area contributed by atoms with Gasteiger partial charge in [0.2, 0.25) is 6.29 Å². The summed E-state index contributed by atoms with van der Waals surface area (Å²) in [6.45, 7) is 1.56. The van der Waals surface area contributed by atoms with E-state index in [1.54, 1.807) is 6.07 Å². The van der Waals surface area contributed by atoms with Crippen LogP contribution in [0.2, 0.25) is 0 Å². The highest BCUT2D eigenvalue weighted by Crippen LogP contribution is 2.31. The molecule has 1 aromatic carbocycles. The molecule has 0 bridgehead atoms. The molecule has 0 aliphatic carbocycles. The van der Waals surface area contributed by atoms with Crippen molar-refractivity contribution < 1.29 is 29.9 Å². The molecular formula is C18H22O6S. The van der Waals surface area contributed by atoms with Crippen LogP contribution in [-0.2, 0) is 11.2 Å². The average Bonchev–Trinajstić information content (AvgIpc) is 3.04. The van der Waals surface area contributed by atoms with Gasteiger partial charge >= 0.3 is 0 Å². The Hall–Kier alpha value is -1.48. The number of aliphatic hydroxyl groups excluding tert-OH is 4. The van der Waals surface area contributed by atoms with Gasteiger partial charge < -0.3 is 29.9 Å². The maximum absolute atomic E-state index is 10.1. The molecular weight excluding hydrogens is 344 g/mol. The Kier molecular flexibility index (Phi) is 5.73. The summed E-state index contributed by atoms with van der Waals surface area (Å²) in [5.41, 5.74) is 2.35. The third kappa shape index (κ3) is 3.87. The Bertz CT molecular complexity index is 700. The van der Waals surface area contributed by atoms with Gasteiger partial charge in [0.15, 0.2) is 0 Å². The van der Waals surface area contributed by atoms with Crippen molar-refractivity contribution >= 4 is 11.3 Å². The molecule has 2 aromatic rings. The average molecular weight is 366 g/mol. The molecule has 1 saturated heterocycles. The Morgan fingerprint density at radius 1 is 1.08 bits per heavy atom. The van der Waals surface area contributed by atoms with Crippen molar-refractivity contribution in [1.29, 1.82) is 0 Å². The van der Waals surface area contributed by atoms with Crippen molar-refractivity contribution in [3.8, 4) is 5.75 Å². The summed E-state index contributed by atoms with van der Waals surface area (Å²) in [5, 5.41) is 40.9. The molecule has 0 spiro atoms. The van der Waals surface area contributed by atoms with E-state index < -0.39 is 37.3 Å². The Morgan fingerprint density at radius 2 is 1.84 bits per heavy atom. The minimum atomic E-state index is -1.45. The molecule has 1 aliphatic rings. The third-order valence-corrected chi connectivity index (χ3v) is 5.31. The van der Waals surface area contributed by atoms with Crippen LogP contribution >= 0.6 is 11.3 Å². The zero-order chi connectivity index (χ0) is 18.0. The molecule has 0 amide bonds. The highest BCUT2D eigenvalue weighted by atomic mass is 32.1. The summed E-state index contributed by atoms with van der Waals surface area (Å²) in [5.74, 6) is 0.553. The molecule has 5 atom stereocenters. The molecule has 1 aromatic heterocycles. The Labute approximate surface area is 149 Å². The summed E-state index contributed by atoms with van der Waals surface area (Å²) in [4.78, 5) is 0.964. The second-order valence-corrected chi connectivity index (χ2v) is 7.13. The van der Waals surface area contributed by atoms with Crippen molar-refractivity contribution in [2.45, 2.75) is 44.1 Å². The summed E-state index contributed by atoms with van der Waals surface area (Å²) in [6.07, 6.45) is -5.73. The molecule has 0 radical (unpaired) electrons. The molecule has 4 N–H and O–H groups in total. The van der Waals surface area contributed by atoms with E-state index in [2.05, 4.69) is 0 Å². The largest absolute Gasteiger partial charge is 0.461 e. The lowest BCUT2D eigenvalue weighted by molar-refractivity contribution is -0.277. The fourth-order valence-corrected chi connectivity index (χ4v) is 3.66. The Morgan fingerprint density at radius 3 is 2.56 bits per heavy atom. The van der Waals surface area contributed by atoms with E-state index in [1.807, 2.05) is 36.6 Å². The first-order chi connectivity index (χ1) is 12.0. The van der Waals surface area contributed by atoms with Gasteiger partial charge in [-0.3, -0.25) is 0 Å². The lowest BCUT2D eigenvalue weighted by atomic mass is 9.99.